The van der Waals surface area contributed by atoms with E-state index in [0.29, 0.717) is 19.6 Å². The minimum absolute atomic E-state index is 0. The molecule has 1 fully saturated rings. The first-order valence-corrected chi connectivity index (χ1v) is 10.6. The standard InChI is InChI=1S/C21H25FN6S.HI/c1-15-26-27-19(28(15)2)13-24-20(23-12-18-7-4-10-29-18)25-14-21(8-9-21)16-5-3-6-17(22)11-16;/h3-7,10-11H,8-9,12-14H2,1-2H3,(H2,23,24,25);1H. The molecule has 3 aromatic rings. The summed E-state index contributed by atoms with van der Waals surface area (Å²) >= 11 is 1.71. The molecule has 2 aromatic heterocycles. The van der Waals surface area contributed by atoms with Crippen molar-refractivity contribution < 1.29 is 4.39 Å². The van der Waals surface area contributed by atoms with Crippen molar-refractivity contribution >= 4 is 41.3 Å². The largest absolute Gasteiger partial charge is 0.355 e. The van der Waals surface area contributed by atoms with Gasteiger partial charge in [-0.15, -0.1) is 45.5 Å². The van der Waals surface area contributed by atoms with Gasteiger partial charge in [0.1, 0.15) is 18.2 Å². The fourth-order valence-corrected chi connectivity index (χ4v) is 3.93. The molecule has 1 aliphatic rings. The third-order valence-electron chi connectivity index (χ3n) is 5.46. The van der Waals surface area contributed by atoms with Crippen molar-refractivity contribution in [3.63, 3.8) is 0 Å². The molecular formula is C21H26FIN6S. The smallest absolute Gasteiger partial charge is 0.192 e. The molecule has 0 aliphatic heterocycles. The second-order valence-electron chi connectivity index (χ2n) is 7.46. The molecule has 2 N–H and O–H groups in total. The van der Waals surface area contributed by atoms with E-state index in [4.69, 9.17) is 4.99 Å². The molecule has 0 atom stereocenters. The van der Waals surface area contributed by atoms with E-state index in [2.05, 4.69) is 32.3 Å². The number of thiophene rings is 1. The van der Waals surface area contributed by atoms with Crippen molar-refractivity contribution in [3.05, 3.63) is 69.7 Å². The fourth-order valence-electron chi connectivity index (χ4n) is 3.29. The predicted octanol–water partition coefficient (Wildman–Crippen LogP) is 3.91. The molecule has 0 bridgehead atoms. The van der Waals surface area contributed by atoms with Crippen LogP contribution in [0.5, 0.6) is 0 Å². The Morgan fingerprint density at radius 2 is 2.07 bits per heavy atom. The molecule has 9 heteroatoms. The summed E-state index contributed by atoms with van der Waals surface area (Å²) in [6, 6.07) is 11.1. The molecule has 1 saturated carbocycles. The highest BCUT2D eigenvalue weighted by atomic mass is 127. The number of nitrogens with one attached hydrogen (secondary N) is 2. The van der Waals surface area contributed by atoms with Gasteiger partial charge >= 0.3 is 0 Å². The highest BCUT2D eigenvalue weighted by Crippen LogP contribution is 2.47. The monoisotopic (exact) mass is 540 g/mol. The number of guanidine groups is 1. The average Bonchev–Trinajstić information content (AvgIpc) is 3.20. The molecule has 6 nitrogen and oxygen atoms in total. The van der Waals surface area contributed by atoms with Crippen molar-refractivity contribution in [1.29, 1.82) is 0 Å². The van der Waals surface area contributed by atoms with Crippen LogP contribution >= 0.6 is 35.3 Å². The number of aryl methyl sites for hydroxylation is 1. The van der Waals surface area contributed by atoms with Gasteiger partial charge in [-0.25, -0.2) is 9.38 Å². The van der Waals surface area contributed by atoms with Crippen LogP contribution in [0.3, 0.4) is 0 Å². The number of aliphatic imine (C=N–C) groups is 1. The topological polar surface area (TPSA) is 67.1 Å². The lowest BCUT2D eigenvalue weighted by Gasteiger charge is -2.19. The molecule has 0 radical (unpaired) electrons. The number of hydrogen-bond acceptors (Lipinski definition) is 4. The van der Waals surface area contributed by atoms with Gasteiger partial charge in [0, 0.05) is 23.9 Å². The van der Waals surface area contributed by atoms with Crippen LogP contribution in [0.2, 0.25) is 0 Å². The maximum atomic E-state index is 13.7. The quantitative estimate of drug-likeness (QED) is 0.271. The van der Waals surface area contributed by atoms with Gasteiger partial charge in [0.2, 0.25) is 0 Å². The maximum absolute atomic E-state index is 13.7. The molecule has 4 rings (SSSR count). The second-order valence-corrected chi connectivity index (χ2v) is 8.50. The summed E-state index contributed by atoms with van der Waals surface area (Å²) in [5.41, 5.74) is 1.03. The van der Waals surface area contributed by atoms with E-state index in [1.54, 1.807) is 23.5 Å². The van der Waals surface area contributed by atoms with Gasteiger partial charge in [-0.1, -0.05) is 18.2 Å². The Hall–Kier alpha value is -2.01. The van der Waals surface area contributed by atoms with Crippen LogP contribution in [-0.2, 0) is 25.6 Å². The maximum Gasteiger partial charge on any atom is 0.192 e. The van der Waals surface area contributed by atoms with Gasteiger partial charge < -0.3 is 15.2 Å². The number of halogens is 2. The Morgan fingerprint density at radius 1 is 1.23 bits per heavy atom. The van der Waals surface area contributed by atoms with Crippen LogP contribution in [0.4, 0.5) is 4.39 Å². The first kappa shape index (κ1) is 22.7. The Balaban J connectivity index is 0.00000256. The highest BCUT2D eigenvalue weighted by Gasteiger charge is 2.44. The van der Waals surface area contributed by atoms with Crippen LogP contribution in [0, 0.1) is 12.7 Å². The van der Waals surface area contributed by atoms with Crippen LogP contribution in [-0.4, -0.2) is 27.3 Å². The summed E-state index contributed by atoms with van der Waals surface area (Å²) in [5.74, 6) is 2.21. The fraction of sp³-hybridized carbons (Fsp3) is 0.381. The lowest BCUT2D eigenvalue weighted by Crippen LogP contribution is -2.41. The number of rotatable bonds is 7. The zero-order chi connectivity index (χ0) is 20.3. The van der Waals surface area contributed by atoms with Crippen LogP contribution in [0.15, 0.2) is 46.8 Å². The van der Waals surface area contributed by atoms with Gasteiger partial charge in [-0.05, 0) is 48.9 Å². The van der Waals surface area contributed by atoms with Gasteiger partial charge in [-0.2, -0.15) is 0 Å². The SMILES string of the molecule is Cc1nnc(CN=C(NCc2cccs2)NCC2(c3cccc(F)c3)CC2)n1C.I. The normalized spacial score (nSPS) is 14.8. The van der Waals surface area contributed by atoms with E-state index in [-0.39, 0.29) is 35.2 Å². The Morgan fingerprint density at radius 3 is 2.70 bits per heavy atom. The number of nitrogens with zero attached hydrogens (tertiary/aromatic N) is 4. The van der Waals surface area contributed by atoms with Gasteiger partial charge in [0.25, 0.3) is 0 Å². The predicted molar refractivity (Wildman–Crippen MR) is 129 cm³/mol. The molecule has 0 amide bonds. The van der Waals surface area contributed by atoms with E-state index < -0.39 is 0 Å². The number of benzene rings is 1. The summed E-state index contributed by atoms with van der Waals surface area (Å²) < 4.78 is 15.6. The highest BCUT2D eigenvalue weighted by molar-refractivity contribution is 14.0. The number of aromatic nitrogens is 3. The molecular weight excluding hydrogens is 514 g/mol. The summed E-state index contributed by atoms with van der Waals surface area (Å²) in [5, 5.41) is 17.2. The average molecular weight is 540 g/mol. The Kier molecular flexibility index (Phi) is 7.45. The minimum Gasteiger partial charge on any atom is -0.355 e. The summed E-state index contributed by atoms with van der Waals surface area (Å²) in [7, 11) is 1.94. The number of hydrogen-bond donors (Lipinski definition) is 2. The lowest BCUT2D eigenvalue weighted by atomic mass is 9.96. The molecule has 2 heterocycles. The van der Waals surface area contributed by atoms with E-state index in [9.17, 15) is 4.39 Å². The van der Waals surface area contributed by atoms with E-state index in [1.165, 1.54) is 10.9 Å². The third kappa shape index (κ3) is 5.37. The van der Waals surface area contributed by atoms with Gasteiger partial charge in [0.15, 0.2) is 11.8 Å². The lowest BCUT2D eigenvalue weighted by molar-refractivity contribution is 0.606. The molecule has 0 spiro atoms. The van der Waals surface area contributed by atoms with E-state index in [1.807, 2.05) is 30.7 Å². The van der Waals surface area contributed by atoms with E-state index in [0.717, 1.165) is 36.0 Å². The molecule has 30 heavy (non-hydrogen) atoms. The Bertz CT molecular complexity index is 997. The second kappa shape index (κ2) is 9.86. The molecule has 1 aliphatic carbocycles. The van der Waals surface area contributed by atoms with E-state index >= 15 is 0 Å². The molecule has 1 aromatic carbocycles. The van der Waals surface area contributed by atoms with Crippen molar-refractivity contribution in [3.8, 4) is 0 Å². The van der Waals surface area contributed by atoms with Crippen molar-refractivity contribution in [1.82, 2.24) is 25.4 Å². The van der Waals surface area contributed by atoms with Gasteiger partial charge in [-0.3, -0.25) is 0 Å². The van der Waals surface area contributed by atoms with Crippen molar-refractivity contribution in [2.45, 2.75) is 38.3 Å². The molecule has 0 unspecified atom stereocenters. The van der Waals surface area contributed by atoms with Crippen molar-refractivity contribution in [2.24, 2.45) is 12.0 Å². The van der Waals surface area contributed by atoms with Gasteiger partial charge in [0.05, 0.1) is 6.54 Å². The summed E-state index contributed by atoms with van der Waals surface area (Å²) in [6.45, 7) is 3.77. The first-order chi connectivity index (χ1) is 14.1. The summed E-state index contributed by atoms with van der Waals surface area (Å²) in [6.07, 6.45) is 2.09. The van der Waals surface area contributed by atoms with Crippen LogP contribution in [0.1, 0.15) is 34.9 Å². The van der Waals surface area contributed by atoms with Crippen LogP contribution < -0.4 is 10.6 Å². The summed E-state index contributed by atoms with van der Waals surface area (Å²) in [4.78, 5) is 5.95. The van der Waals surface area contributed by atoms with Crippen molar-refractivity contribution in [2.75, 3.05) is 6.54 Å². The zero-order valence-corrected chi connectivity index (χ0v) is 20.2. The molecule has 160 valence electrons. The third-order valence-corrected chi connectivity index (χ3v) is 6.33. The van der Waals surface area contributed by atoms with Crippen LogP contribution in [0.25, 0.3) is 0 Å². The Labute approximate surface area is 197 Å². The minimum atomic E-state index is -0.184. The first-order valence-electron chi connectivity index (χ1n) is 9.71. The molecule has 0 saturated heterocycles. The zero-order valence-electron chi connectivity index (χ0n) is 17.1.